The number of nitrogens with two attached hydrogens (primary N) is 1. The van der Waals surface area contributed by atoms with E-state index in [1.165, 1.54) is 29.1 Å². The highest BCUT2D eigenvalue weighted by molar-refractivity contribution is 6.06. The van der Waals surface area contributed by atoms with Gasteiger partial charge < -0.3 is 20.2 Å². The number of ketones is 1. The number of hydrogen-bond donors (Lipinski definition) is 2. The monoisotopic (exact) mass is 537 g/mol. The molecule has 0 unspecified atom stereocenters. The minimum Gasteiger partial charge on any atom is -0.383 e. The van der Waals surface area contributed by atoms with E-state index >= 15 is 0 Å². The van der Waals surface area contributed by atoms with Crippen molar-refractivity contribution in [2.75, 3.05) is 11.1 Å². The first-order valence-electron chi connectivity index (χ1n) is 12.7. The Morgan fingerprint density at radius 1 is 1.07 bits per heavy atom. The van der Waals surface area contributed by atoms with Crippen molar-refractivity contribution in [3.05, 3.63) is 99.7 Å². The number of pyridine rings is 2. The molecule has 11 heteroatoms. The SMILES string of the molecule is Cn1cc(-c2ccc(NC(=O)c3cc4c(n(Cc5cccc(F)c5)c3=O)CCCC4=O)nc2)c2c(N)ncnc21. The topological polar surface area (TPSA) is 138 Å². The second kappa shape index (κ2) is 9.84. The van der Waals surface area contributed by atoms with Crippen LogP contribution in [0.3, 0.4) is 0 Å². The van der Waals surface area contributed by atoms with Crippen molar-refractivity contribution in [1.29, 1.82) is 0 Å². The molecule has 4 aromatic heterocycles. The van der Waals surface area contributed by atoms with Crippen LogP contribution in [-0.2, 0) is 20.0 Å². The average molecular weight is 538 g/mol. The van der Waals surface area contributed by atoms with Gasteiger partial charge in [-0.3, -0.25) is 14.4 Å². The third-order valence-electron chi connectivity index (χ3n) is 7.09. The van der Waals surface area contributed by atoms with Crippen LogP contribution in [0.25, 0.3) is 22.2 Å². The number of rotatable bonds is 5. The molecule has 0 fully saturated rings. The fourth-order valence-corrected chi connectivity index (χ4v) is 5.18. The van der Waals surface area contributed by atoms with Crippen LogP contribution in [0.2, 0.25) is 0 Å². The van der Waals surface area contributed by atoms with Gasteiger partial charge in [0.25, 0.3) is 11.5 Å². The molecule has 10 nitrogen and oxygen atoms in total. The maximum Gasteiger partial charge on any atom is 0.263 e. The van der Waals surface area contributed by atoms with Crippen LogP contribution >= 0.6 is 0 Å². The molecule has 5 aromatic rings. The zero-order valence-corrected chi connectivity index (χ0v) is 21.5. The summed E-state index contributed by atoms with van der Waals surface area (Å²) in [6, 6.07) is 10.6. The fourth-order valence-electron chi connectivity index (χ4n) is 5.18. The summed E-state index contributed by atoms with van der Waals surface area (Å²) in [7, 11) is 1.85. The molecular formula is C29H24FN7O3. The first kappa shape index (κ1) is 25.1. The van der Waals surface area contributed by atoms with Crippen molar-refractivity contribution in [3.63, 3.8) is 0 Å². The summed E-state index contributed by atoms with van der Waals surface area (Å²) in [5.74, 6) is -0.697. The number of nitrogen functional groups attached to an aromatic ring is 1. The molecule has 1 aliphatic carbocycles. The molecule has 0 spiro atoms. The number of Topliss-reactive ketones (excluding diaryl/α,β-unsaturated/α-hetero) is 1. The highest BCUT2D eigenvalue weighted by Gasteiger charge is 2.26. The van der Waals surface area contributed by atoms with Crippen molar-refractivity contribution < 1.29 is 14.0 Å². The molecule has 6 rings (SSSR count). The molecule has 0 atom stereocenters. The van der Waals surface area contributed by atoms with E-state index in [0.717, 1.165) is 11.1 Å². The van der Waals surface area contributed by atoms with Gasteiger partial charge in [-0.25, -0.2) is 19.3 Å². The number of hydrogen-bond acceptors (Lipinski definition) is 7. The van der Waals surface area contributed by atoms with Gasteiger partial charge in [0.1, 0.15) is 35.0 Å². The van der Waals surface area contributed by atoms with Gasteiger partial charge in [-0.1, -0.05) is 12.1 Å². The Morgan fingerprint density at radius 2 is 1.93 bits per heavy atom. The van der Waals surface area contributed by atoms with Gasteiger partial charge in [-0.05, 0) is 48.7 Å². The number of anilines is 2. The summed E-state index contributed by atoms with van der Waals surface area (Å²) < 4.78 is 17.1. The largest absolute Gasteiger partial charge is 0.383 e. The molecule has 0 saturated heterocycles. The number of nitrogens with one attached hydrogen (secondary N) is 1. The van der Waals surface area contributed by atoms with Crippen LogP contribution < -0.4 is 16.6 Å². The van der Waals surface area contributed by atoms with Crippen LogP contribution in [0.1, 0.15) is 44.8 Å². The Kier molecular flexibility index (Phi) is 6.18. The number of amides is 1. The molecule has 1 amide bonds. The van der Waals surface area contributed by atoms with Gasteiger partial charge in [-0.15, -0.1) is 0 Å². The number of fused-ring (bicyclic) bond motifs is 2. The Labute approximate surface area is 227 Å². The van der Waals surface area contributed by atoms with E-state index in [1.807, 2.05) is 17.8 Å². The number of benzene rings is 1. The second-order valence-corrected chi connectivity index (χ2v) is 9.71. The lowest BCUT2D eigenvalue weighted by atomic mass is 9.92. The van der Waals surface area contributed by atoms with Crippen molar-refractivity contribution >= 4 is 34.4 Å². The van der Waals surface area contributed by atoms with E-state index in [0.29, 0.717) is 52.9 Å². The van der Waals surface area contributed by atoms with Crippen molar-refractivity contribution in [2.45, 2.75) is 25.8 Å². The quantitative estimate of drug-likeness (QED) is 0.348. The average Bonchev–Trinajstić information content (AvgIpc) is 3.28. The number of aromatic nitrogens is 5. The van der Waals surface area contributed by atoms with Crippen LogP contribution in [0, 0.1) is 5.82 Å². The van der Waals surface area contributed by atoms with E-state index in [1.54, 1.807) is 30.5 Å². The third kappa shape index (κ3) is 4.41. The predicted octanol–water partition coefficient (Wildman–Crippen LogP) is 3.73. The van der Waals surface area contributed by atoms with Gasteiger partial charge in [0.2, 0.25) is 0 Å². The first-order valence-corrected chi connectivity index (χ1v) is 12.7. The Hall–Kier alpha value is -5.19. The normalized spacial score (nSPS) is 12.9. The minimum absolute atomic E-state index is 0.0398. The minimum atomic E-state index is -0.692. The molecular weight excluding hydrogens is 513 g/mol. The maximum atomic E-state index is 13.8. The van der Waals surface area contributed by atoms with Crippen LogP contribution in [0.15, 0.2) is 66.0 Å². The molecule has 1 aromatic carbocycles. The first-order chi connectivity index (χ1) is 19.3. The summed E-state index contributed by atoms with van der Waals surface area (Å²) in [6.45, 7) is 0.0398. The Morgan fingerprint density at radius 3 is 2.70 bits per heavy atom. The molecule has 0 radical (unpaired) electrons. The molecule has 1 aliphatic rings. The predicted molar refractivity (Wildman–Crippen MR) is 148 cm³/mol. The van der Waals surface area contributed by atoms with Crippen LogP contribution in [-0.4, -0.2) is 35.8 Å². The summed E-state index contributed by atoms with van der Waals surface area (Å²) in [5, 5.41) is 3.36. The Bertz CT molecular complexity index is 1880. The van der Waals surface area contributed by atoms with E-state index in [9.17, 15) is 18.8 Å². The highest BCUT2D eigenvalue weighted by atomic mass is 19.1. The summed E-state index contributed by atoms with van der Waals surface area (Å²) in [5.41, 5.74) is 9.00. The van der Waals surface area contributed by atoms with Crippen molar-refractivity contribution in [2.24, 2.45) is 7.05 Å². The molecule has 0 bridgehead atoms. The summed E-state index contributed by atoms with van der Waals surface area (Å²) >= 11 is 0. The lowest BCUT2D eigenvalue weighted by Crippen LogP contribution is -2.34. The van der Waals surface area contributed by atoms with Crippen molar-refractivity contribution in [1.82, 2.24) is 24.1 Å². The standard InChI is InChI=1S/C29H24FN7O3/c1-36-14-21(25-26(31)33-15-34-27(25)36)17-8-9-24(32-12-17)35-28(39)20-11-19-22(6-3-7-23(19)38)37(29(20)40)13-16-4-2-5-18(30)10-16/h2,4-5,8-12,14-15H,3,6-7,13H2,1H3,(H2,31,33,34)(H,32,35,39). The van der Waals surface area contributed by atoms with Gasteiger partial charge in [-0.2, -0.15) is 0 Å². The molecule has 40 heavy (non-hydrogen) atoms. The van der Waals surface area contributed by atoms with E-state index in [-0.39, 0.29) is 23.7 Å². The smallest absolute Gasteiger partial charge is 0.263 e. The number of carbonyl (C=O) groups excluding carboxylic acids is 2. The van der Waals surface area contributed by atoms with E-state index < -0.39 is 17.3 Å². The lowest BCUT2D eigenvalue weighted by molar-refractivity contribution is 0.0970. The van der Waals surface area contributed by atoms with Gasteiger partial charge in [0, 0.05) is 48.2 Å². The second-order valence-electron chi connectivity index (χ2n) is 9.71. The molecule has 4 heterocycles. The fraction of sp³-hybridized carbons (Fsp3) is 0.172. The Balaban J connectivity index is 1.33. The van der Waals surface area contributed by atoms with Gasteiger partial charge in [0.05, 0.1) is 11.9 Å². The lowest BCUT2D eigenvalue weighted by Gasteiger charge is -2.21. The molecule has 200 valence electrons. The third-order valence-corrected chi connectivity index (χ3v) is 7.09. The van der Waals surface area contributed by atoms with E-state index in [4.69, 9.17) is 5.73 Å². The number of nitrogens with zero attached hydrogens (tertiary/aromatic N) is 5. The van der Waals surface area contributed by atoms with Crippen LogP contribution in [0.5, 0.6) is 0 Å². The van der Waals surface area contributed by atoms with Crippen molar-refractivity contribution in [3.8, 4) is 11.1 Å². The zero-order chi connectivity index (χ0) is 28.0. The summed E-state index contributed by atoms with van der Waals surface area (Å²) in [6.07, 6.45) is 6.30. The molecule has 0 aliphatic heterocycles. The maximum absolute atomic E-state index is 13.8. The number of halogens is 1. The number of carbonyl (C=O) groups is 2. The molecule has 3 N–H and O–H groups in total. The zero-order valence-electron chi connectivity index (χ0n) is 21.5. The molecule has 0 saturated carbocycles. The van der Waals surface area contributed by atoms with Gasteiger partial charge >= 0.3 is 0 Å². The highest BCUT2D eigenvalue weighted by Crippen LogP contribution is 2.32. The summed E-state index contributed by atoms with van der Waals surface area (Å²) in [4.78, 5) is 52.3. The van der Waals surface area contributed by atoms with Crippen LogP contribution in [0.4, 0.5) is 16.0 Å². The number of aryl methyl sites for hydroxylation is 1. The van der Waals surface area contributed by atoms with Gasteiger partial charge in [0.15, 0.2) is 5.78 Å². The van der Waals surface area contributed by atoms with E-state index in [2.05, 4.69) is 20.3 Å².